The Labute approximate surface area is 294 Å². The van der Waals surface area contributed by atoms with Crippen LogP contribution in [0.2, 0.25) is 5.02 Å². The van der Waals surface area contributed by atoms with Crippen LogP contribution < -0.4 is 14.4 Å². The molecular formula is C37H48ClN3O7S. The molecule has 0 aromatic heterocycles. The SMILES string of the molecule is CCCc1cc(Cl)ccc1[C@@H]1COc2ccc3cc2N(C1)C[C@@H]1CC[C@H]1[C@](O)([C@H]1OCCN(C)C1=O)/C=C/C[C@H](C)[C@@H](C)S(=O)(=O)NC3=O. The Balaban J connectivity index is 1.44. The van der Waals surface area contributed by atoms with Crippen LogP contribution in [-0.4, -0.2) is 87.1 Å². The highest BCUT2D eigenvalue weighted by atomic mass is 35.5. The molecule has 49 heavy (non-hydrogen) atoms. The monoisotopic (exact) mass is 713 g/mol. The number of sulfonamides is 1. The summed E-state index contributed by atoms with van der Waals surface area (Å²) in [4.78, 5) is 30.8. The maximum Gasteiger partial charge on any atom is 0.264 e. The van der Waals surface area contributed by atoms with Crippen LogP contribution in [0.25, 0.3) is 0 Å². The largest absolute Gasteiger partial charge is 0.491 e. The van der Waals surface area contributed by atoms with Gasteiger partial charge in [0.05, 0.1) is 24.2 Å². The van der Waals surface area contributed by atoms with Gasteiger partial charge in [0.1, 0.15) is 11.4 Å². The van der Waals surface area contributed by atoms with Gasteiger partial charge in [-0.25, -0.2) is 13.1 Å². The molecule has 1 saturated heterocycles. The van der Waals surface area contributed by atoms with Crippen molar-refractivity contribution in [3.05, 3.63) is 70.3 Å². The summed E-state index contributed by atoms with van der Waals surface area (Å²) in [6.07, 6.45) is 6.05. The summed E-state index contributed by atoms with van der Waals surface area (Å²) in [6, 6.07) is 11.0. The van der Waals surface area contributed by atoms with E-state index in [9.17, 15) is 23.1 Å². The quantitative estimate of drug-likeness (QED) is 0.428. The number of amides is 2. The highest BCUT2D eigenvalue weighted by molar-refractivity contribution is 7.90. The molecule has 2 aromatic rings. The Kier molecular flexibility index (Phi) is 10.4. The van der Waals surface area contributed by atoms with Crippen LogP contribution in [0.1, 0.15) is 73.9 Å². The number of halogens is 1. The van der Waals surface area contributed by atoms with Crippen LogP contribution in [0, 0.1) is 17.8 Å². The average Bonchev–Trinajstić information content (AvgIpc) is 3.22. The number of likely N-dealkylation sites (N-methyl/N-ethyl adjacent to an activating group) is 1. The summed E-state index contributed by atoms with van der Waals surface area (Å²) in [6.45, 7) is 7.74. The van der Waals surface area contributed by atoms with Gasteiger partial charge in [-0.15, -0.1) is 0 Å². The molecule has 0 spiro atoms. The predicted octanol–water partition coefficient (Wildman–Crippen LogP) is 4.93. The second kappa shape index (κ2) is 14.2. The standard InChI is InChI=1S/C37H48ClN3O7S/c1-5-7-25-18-29(38)11-12-30(25)28-21-41-20-27-9-13-31(27)37(44,34-36(43)40(4)16-17-47-34)15-6-8-23(2)24(3)49(45,46)39-35(42)26-10-14-33(48-22-28)32(41)19-26/h6,10-12,14-15,18-19,23-24,27-28,31,34,44H,5,7-9,13,16-17,20-22H2,1-4H3,(H,39,42)/b15-6+/t23-,24+,27-,28-,31+,34-,37-/m0/s1. The zero-order valence-corrected chi connectivity index (χ0v) is 30.3. The van der Waals surface area contributed by atoms with E-state index in [2.05, 4.69) is 22.6 Å². The fourth-order valence-electron chi connectivity index (χ4n) is 7.81. The Morgan fingerprint density at radius 3 is 2.63 bits per heavy atom. The third kappa shape index (κ3) is 7.09. The maximum atomic E-state index is 13.5. The summed E-state index contributed by atoms with van der Waals surface area (Å²) >= 11 is 6.42. The predicted molar refractivity (Wildman–Crippen MR) is 190 cm³/mol. The second-order valence-electron chi connectivity index (χ2n) is 14.3. The number of rotatable bonds is 4. The van der Waals surface area contributed by atoms with Crippen molar-refractivity contribution >= 4 is 39.1 Å². The minimum atomic E-state index is -4.05. The van der Waals surface area contributed by atoms with Crippen molar-refractivity contribution in [3.8, 4) is 5.75 Å². The van der Waals surface area contributed by atoms with Gasteiger partial charge in [0.25, 0.3) is 11.8 Å². The number of morpholine rings is 1. The van der Waals surface area contributed by atoms with Gasteiger partial charge < -0.3 is 24.4 Å². The number of carbonyl (C=O) groups is 2. The third-order valence-corrected chi connectivity index (χ3v) is 13.3. The minimum Gasteiger partial charge on any atom is -0.491 e. The number of fused-ring (bicyclic) bond motifs is 2. The van der Waals surface area contributed by atoms with Crippen molar-refractivity contribution in [2.45, 2.75) is 75.7 Å². The van der Waals surface area contributed by atoms with E-state index in [0.29, 0.717) is 62.1 Å². The Morgan fingerprint density at radius 2 is 1.90 bits per heavy atom. The fraction of sp³-hybridized carbons (Fsp3) is 0.568. The minimum absolute atomic E-state index is 0.00711. The summed E-state index contributed by atoms with van der Waals surface area (Å²) in [5, 5.41) is 12.3. The molecule has 2 amide bonds. The average molecular weight is 714 g/mol. The number of anilines is 1. The third-order valence-electron chi connectivity index (χ3n) is 11.1. The van der Waals surface area contributed by atoms with E-state index in [1.807, 2.05) is 12.1 Å². The number of hydrogen-bond acceptors (Lipinski definition) is 8. The Morgan fingerprint density at radius 1 is 1.10 bits per heavy atom. The van der Waals surface area contributed by atoms with Crippen molar-refractivity contribution in [1.82, 2.24) is 9.62 Å². The number of nitrogens with zero attached hydrogens (tertiary/aromatic N) is 2. The summed E-state index contributed by atoms with van der Waals surface area (Å²) in [5.74, 6) is -1.10. The van der Waals surface area contributed by atoms with E-state index in [4.69, 9.17) is 21.1 Å². The summed E-state index contributed by atoms with van der Waals surface area (Å²) in [7, 11) is -2.33. The molecular weight excluding hydrogens is 666 g/mol. The molecule has 10 nitrogen and oxygen atoms in total. The van der Waals surface area contributed by atoms with Crippen molar-refractivity contribution in [2.75, 3.05) is 44.8 Å². The lowest BCUT2D eigenvalue weighted by atomic mass is 9.62. The van der Waals surface area contributed by atoms with Crippen LogP contribution in [0.4, 0.5) is 5.69 Å². The van der Waals surface area contributed by atoms with Gasteiger partial charge in [0, 0.05) is 43.2 Å². The molecule has 7 atom stereocenters. The highest BCUT2D eigenvalue weighted by Gasteiger charge is 2.54. The van der Waals surface area contributed by atoms with E-state index in [1.165, 1.54) is 0 Å². The Bertz CT molecular complexity index is 1720. The van der Waals surface area contributed by atoms with Crippen molar-refractivity contribution in [1.29, 1.82) is 0 Å². The van der Waals surface area contributed by atoms with Crippen molar-refractivity contribution in [3.63, 3.8) is 0 Å². The van der Waals surface area contributed by atoms with E-state index in [0.717, 1.165) is 30.4 Å². The van der Waals surface area contributed by atoms with Crippen LogP contribution in [0.5, 0.6) is 5.75 Å². The lowest BCUT2D eigenvalue weighted by Crippen LogP contribution is -2.63. The van der Waals surface area contributed by atoms with E-state index in [1.54, 1.807) is 56.1 Å². The van der Waals surface area contributed by atoms with Crippen molar-refractivity contribution < 1.29 is 32.6 Å². The number of aliphatic hydroxyl groups is 1. The maximum absolute atomic E-state index is 13.5. The summed E-state index contributed by atoms with van der Waals surface area (Å²) in [5.41, 5.74) is 1.60. The topological polar surface area (TPSA) is 125 Å². The van der Waals surface area contributed by atoms with Crippen LogP contribution in [0.3, 0.4) is 0 Å². The lowest BCUT2D eigenvalue weighted by Gasteiger charge is -2.51. The van der Waals surface area contributed by atoms with Crippen LogP contribution in [0.15, 0.2) is 48.6 Å². The molecule has 266 valence electrons. The first-order chi connectivity index (χ1) is 23.3. The van der Waals surface area contributed by atoms with Gasteiger partial charge in [-0.1, -0.05) is 50.1 Å². The molecule has 2 fully saturated rings. The molecule has 2 aromatic carbocycles. The molecule has 1 aliphatic carbocycles. The molecule has 4 aliphatic rings. The number of benzene rings is 2. The van der Waals surface area contributed by atoms with E-state index < -0.39 is 32.9 Å². The van der Waals surface area contributed by atoms with E-state index >= 15 is 0 Å². The Hall–Kier alpha value is -3.12. The molecule has 3 aliphatic heterocycles. The fourth-order valence-corrected chi connectivity index (χ4v) is 9.29. The molecule has 1 saturated carbocycles. The molecule has 12 heteroatoms. The van der Waals surface area contributed by atoms with Gasteiger partial charge in [-0.2, -0.15) is 0 Å². The molecule has 6 rings (SSSR count). The van der Waals surface area contributed by atoms with Crippen LogP contribution in [-0.2, 0) is 26.0 Å². The molecule has 0 radical (unpaired) electrons. The first-order valence-corrected chi connectivity index (χ1v) is 19.4. The van der Waals surface area contributed by atoms with Gasteiger partial charge >= 0.3 is 0 Å². The zero-order chi connectivity index (χ0) is 35.1. The number of carbonyl (C=O) groups excluding carboxylic acids is 2. The van der Waals surface area contributed by atoms with Crippen LogP contribution >= 0.6 is 11.6 Å². The second-order valence-corrected chi connectivity index (χ2v) is 16.8. The smallest absolute Gasteiger partial charge is 0.264 e. The first-order valence-electron chi connectivity index (χ1n) is 17.4. The van der Waals surface area contributed by atoms with Gasteiger partial charge in [-0.05, 0) is 91.8 Å². The number of ether oxygens (including phenoxy) is 2. The number of allylic oxidation sites excluding steroid dienone is 1. The highest BCUT2D eigenvalue weighted by Crippen LogP contribution is 2.48. The summed E-state index contributed by atoms with van der Waals surface area (Å²) < 4.78 is 41.6. The molecule has 0 unspecified atom stereocenters. The number of hydrogen-bond donors (Lipinski definition) is 2. The van der Waals surface area contributed by atoms with Gasteiger partial charge in [0.2, 0.25) is 10.0 Å². The van der Waals surface area contributed by atoms with Gasteiger partial charge in [-0.3, -0.25) is 9.59 Å². The number of nitrogens with one attached hydrogen (secondary N) is 1. The van der Waals surface area contributed by atoms with Crippen molar-refractivity contribution in [2.24, 2.45) is 17.8 Å². The van der Waals surface area contributed by atoms with E-state index in [-0.39, 0.29) is 35.1 Å². The first kappa shape index (κ1) is 35.7. The number of aryl methyl sites for hydroxylation is 1. The zero-order valence-electron chi connectivity index (χ0n) is 28.7. The molecule has 2 N–H and O–H groups in total. The molecule has 2 bridgehead atoms. The molecule has 3 heterocycles. The lowest BCUT2D eigenvalue weighted by molar-refractivity contribution is -0.185. The normalized spacial score (nSPS) is 32.6. The van der Waals surface area contributed by atoms with Gasteiger partial charge in [0.15, 0.2) is 6.10 Å².